The number of hydrogen-bond donors (Lipinski definition) is 0. The van der Waals surface area contributed by atoms with Crippen LogP contribution >= 0.6 is 0 Å². The van der Waals surface area contributed by atoms with Crippen LogP contribution in [0.1, 0.15) is 27.2 Å². The van der Waals surface area contributed by atoms with E-state index in [0.29, 0.717) is 6.92 Å². The molecule has 0 aromatic carbocycles. The van der Waals surface area contributed by atoms with Gasteiger partial charge in [-0.15, -0.1) is 0 Å². The van der Waals surface area contributed by atoms with Gasteiger partial charge in [0, 0.05) is 0 Å². The first-order valence-corrected chi connectivity index (χ1v) is 5.26. The van der Waals surface area contributed by atoms with Gasteiger partial charge in [0.2, 0.25) is 17.0 Å². The minimum atomic E-state index is -5.78. The lowest BCUT2D eigenvalue weighted by atomic mass is 9.62. The number of alkyl halides is 9. The van der Waals surface area contributed by atoms with Gasteiger partial charge in [-0.05, 0) is 20.3 Å². The highest BCUT2D eigenvalue weighted by atomic mass is 19.3. The average molecular weight is 302 g/mol. The first-order chi connectivity index (χ1) is 8.06. The van der Waals surface area contributed by atoms with Crippen LogP contribution in [0, 0.1) is 0 Å². The lowest BCUT2D eigenvalue weighted by Gasteiger charge is -2.56. The van der Waals surface area contributed by atoms with E-state index in [1.54, 1.807) is 0 Å². The topological polar surface area (TPSA) is 0 Å². The lowest BCUT2D eigenvalue weighted by molar-refractivity contribution is -0.427. The lowest BCUT2D eigenvalue weighted by Crippen LogP contribution is -2.84. The fraction of sp³-hybridized carbons (Fsp3) is 1.00. The van der Waals surface area contributed by atoms with Crippen LogP contribution in [0.5, 0.6) is 0 Å². The molecule has 0 aliphatic heterocycles. The molecule has 0 N–H and O–H groups in total. The van der Waals surface area contributed by atoms with Crippen molar-refractivity contribution in [2.24, 2.45) is 0 Å². The van der Waals surface area contributed by atoms with E-state index in [9.17, 15) is 39.5 Å². The third-order valence-electron chi connectivity index (χ3n) is 3.84. The molecule has 0 amide bonds. The minimum absolute atomic E-state index is 0.470. The van der Waals surface area contributed by atoms with Crippen molar-refractivity contribution in [1.82, 2.24) is 0 Å². The Morgan fingerprint density at radius 1 is 0.579 bits per heavy atom. The molecule has 0 aromatic heterocycles. The van der Waals surface area contributed by atoms with Crippen molar-refractivity contribution in [2.45, 2.75) is 62.0 Å². The zero-order valence-electron chi connectivity index (χ0n) is 10.1. The normalized spacial score (nSPS) is 48.0. The molecule has 0 spiro atoms. The summed E-state index contributed by atoms with van der Waals surface area (Å²) >= 11 is 0. The molecule has 2 atom stereocenters. The van der Waals surface area contributed by atoms with E-state index in [1.165, 1.54) is 0 Å². The molecule has 0 saturated heterocycles. The van der Waals surface area contributed by atoms with Crippen LogP contribution in [0.25, 0.3) is 0 Å². The van der Waals surface area contributed by atoms with Gasteiger partial charge in [-0.25, -0.2) is 13.2 Å². The van der Waals surface area contributed by atoms with Crippen molar-refractivity contribution < 1.29 is 39.5 Å². The fourth-order valence-electron chi connectivity index (χ4n) is 2.22. The number of rotatable bonds is 1. The van der Waals surface area contributed by atoms with Crippen LogP contribution in [0.3, 0.4) is 0 Å². The molecule has 0 aromatic rings. The monoisotopic (exact) mass is 302 g/mol. The van der Waals surface area contributed by atoms with Crippen molar-refractivity contribution in [3.8, 4) is 0 Å². The predicted molar refractivity (Wildman–Crippen MR) is 48.0 cm³/mol. The van der Waals surface area contributed by atoms with E-state index in [2.05, 4.69) is 0 Å². The van der Waals surface area contributed by atoms with Crippen molar-refractivity contribution >= 4 is 0 Å². The van der Waals surface area contributed by atoms with Gasteiger partial charge in [0.15, 0.2) is 0 Å². The predicted octanol–water partition coefficient (Wildman–Crippen LogP) is 4.48. The van der Waals surface area contributed by atoms with Crippen LogP contribution in [0.4, 0.5) is 39.5 Å². The molecular weight excluding hydrogens is 291 g/mol. The van der Waals surface area contributed by atoms with E-state index in [-0.39, 0.29) is 0 Å². The quantitative estimate of drug-likeness (QED) is 0.626. The Morgan fingerprint density at radius 3 is 1.05 bits per heavy atom. The maximum absolute atomic E-state index is 13.9. The van der Waals surface area contributed by atoms with Crippen molar-refractivity contribution in [2.75, 3.05) is 0 Å². The van der Waals surface area contributed by atoms with Gasteiger partial charge in [-0.2, -0.15) is 26.3 Å². The first-order valence-electron chi connectivity index (χ1n) is 5.26. The Morgan fingerprint density at radius 2 is 0.842 bits per heavy atom. The zero-order chi connectivity index (χ0) is 15.7. The third kappa shape index (κ3) is 1.29. The highest BCUT2D eigenvalue weighted by molar-refractivity contribution is 5.29. The molecule has 1 aliphatic rings. The molecule has 2 unspecified atom stereocenters. The molecule has 0 nitrogen and oxygen atoms in total. The fourth-order valence-corrected chi connectivity index (χ4v) is 2.22. The summed E-state index contributed by atoms with van der Waals surface area (Å²) in [5.74, 6) is -17.3. The smallest absolute Gasteiger partial charge is 0.230 e. The summed E-state index contributed by atoms with van der Waals surface area (Å²) in [7, 11) is 0. The van der Waals surface area contributed by atoms with Crippen molar-refractivity contribution in [3.05, 3.63) is 0 Å². The number of hydrogen-bond acceptors (Lipinski definition) is 0. The van der Waals surface area contributed by atoms with Crippen LogP contribution in [0.15, 0.2) is 0 Å². The highest BCUT2D eigenvalue weighted by Crippen LogP contribution is 2.68. The summed E-state index contributed by atoms with van der Waals surface area (Å²) in [6.45, 7) is -0.494. The Kier molecular flexibility index (Phi) is 3.04. The van der Waals surface area contributed by atoms with Gasteiger partial charge < -0.3 is 0 Å². The molecule has 1 aliphatic carbocycles. The maximum atomic E-state index is 13.9. The summed E-state index contributed by atoms with van der Waals surface area (Å²) in [6.07, 6.45) is -1.73. The Hall–Kier alpha value is -0.630. The van der Waals surface area contributed by atoms with Crippen molar-refractivity contribution in [1.29, 1.82) is 0 Å². The Labute approximate surface area is 103 Å². The second kappa shape index (κ2) is 3.52. The summed E-state index contributed by atoms with van der Waals surface area (Å²) < 4.78 is 122. The van der Waals surface area contributed by atoms with Gasteiger partial charge >= 0.3 is 17.8 Å². The van der Waals surface area contributed by atoms with E-state index >= 15 is 0 Å². The third-order valence-corrected chi connectivity index (χ3v) is 3.84. The second-order valence-electron chi connectivity index (χ2n) is 4.88. The van der Waals surface area contributed by atoms with Crippen LogP contribution < -0.4 is 0 Å². The molecule has 0 heterocycles. The van der Waals surface area contributed by atoms with Crippen LogP contribution in [-0.2, 0) is 0 Å². The molecular formula is C10H11F9. The van der Waals surface area contributed by atoms with E-state index < -0.39 is 55.0 Å². The summed E-state index contributed by atoms with van der Waals surface area (Å²) in [5.41, 5.74) is -15.3. The molecule has 19 heavy (non-hydrogen) atoms. The van der Waals surface area contributed by atoms with E-state index in [1.807, 2.05) is 0 Å². The Balaban J connectivity index is 3.76. The van der Waals surface area contributed by atoms with Gasteiger partial charge in [0.25, 0.3) is 0 Å². The highest BCUT2D eigenvalue weighted by Gasteiger charge is 2.95. The SMILES string of the molecule is CCC1(F)C(F)(F)C(C)(F)C(F)(F)C(C)(F)C1(F)F. The van der Waals surface area contributed by atoms with Gasteiger partial charge in [-0.1, -0.05) is 6.92 Å². The maximum Gasteiger partial charge on any atom is 0.326 e. The standard InChI is InChI=1S/C10H11F9/c1-4-7(13)9(16,17)5(2,11)8(14,15)6(3,12)10(7,18)19/h4H2,1-3H3. The van der Waals surface area contributed by atoms with Crippen LogP contribution in [-0.4, -0.2) is 34.8 Å². The second-order valence-corrected chi connectivity index (χ2v) is 4.88. The molecule has 0 radical (unpaired) electrons. The van der Waals surface area contributed by atoms with Crippen molar-refractivity contribution in [3.63, 3.8) is 0 Å². The minimum Gasteiger partial charge on any atom is -0.230 e. The van der Waals surface area contributed by atoms with E-state index in [0.717, 1.165) is 0 Å². The van der Waals surface area contributed by atoms with Gasteiger partial charge in [0.1, 0.15) is 0 Å². The zero-order valence-corrected chi connectivity index (χ0v) is 10.1. The molecule has 1 fully saturated rings. The first kappa shape index (κ1) is 16.4. The molecule has 1 saturated carbocycles. The average Bonchev–Trinajstić information content (AvgIpc) is 2.24. The Bertz CT molecular complexity index is 352. The van der Waals surface area contributed by atoms with Gasteiger partial charge in [0.05, 0.1) is 0 Å². The largest absolute Gasteiger partial charge is 0.326 e. The van der Waals surface area contributed by atoms with Crippen LogP contribution in [0.2, 0.25) is 0 Å². The van der Waals surface area contributed by atoms with E-state index in [4.69, 9.17) is 0 Å². The molecule has 9 heteroatoms. The molecule has 114 valence electrons. The summed E-state index contributed by atoms with van der Waals surface area (Å²) in [6, 6.07) is 0. The summed E-state index contributed by atoms with van der Waals surface area (Å²) in [5, 5.41) is 0. The molecule has 1 rings (SSSR count). The molecule has 0 bridgehead atoms. The van der Waals surface area contributed by atoms with Gasteiger partial charge in [-0.3, -0.25) is 0 Å². The number of halogens is 9. The summed E-state index contributed by atoms with van der Waals surface area (Å²) in [4.78, 5) is 0.